The van der Waals surface area contributed by atoms with E-state index in [9.17, 15) is 9.59 Å². The molecule has 1 atom stereocenters. The number of amides is 1. The Bertz CT molecular complexity index is 764. The minimum atomic E-state index is -0.709. The molecule has 0 saturated heterocycles. The molecule has 0 spiro atoms. The molecule has 2 N–H and O–H groups in total. The Kier molecular flexibility index (Phi) is 4.43. The van der Waals surface area contributed by atoms with E-state index in [1.165, 1.54) is 11.1 Å². The Morgan fingerprint density at radius 1 is 1.46 bits per heavy atom. The number of hydrogen-bond donors (Lipinski definition) is 1. The monoisotopic (exact) mass is 327 g/mol. The second-order valence-corrected chi connectivity index (χ2v) is 5.40. The van der Waals surface area contributed by atoms with Crippen LogP contribution in [-0.2, 0) is 4.79 Å². The van der Waals surface area contributed by atoms with Crippen molar-refractivity contribution in [1.29, 1.82) is 0 Å². The molecule has 7 heteroatoms. The molecule has 7 nitrogen and oxygen atoms in total. The number of nitrogens with zero attached hydrogens (tertiary/aromatic N) is 2. The van der Waals surface area contributed by atoms with Gasteiger partial charge in [-0.2, -0.15) is 0 Å². The maximum atomic E-state index is 12.1. The van der Waals surface area contributed by atoms with Gasteiger partial charge < -0.3 is 20.1 Å². The van der Waals surface area contributed by atoms with Crippen molar-refractivity contribution in [3.05, 3.63) is 48.3 Å². The first-order chi connectivity index (χ1) is 11.6. The lowest BCUT2D eigenvalue weighted by Gasteiger charge is -2.18. The summed E-state index contributed by atoms with van der Waals surface area (Å²) >= 11 is 0. The molecule has 0 unspecified atom stereocenters. The summed E-state index contributed by atoms with van der Waals surface area (Å²) < 4.78 is 11.1. The predicted octanol–water partition coefficient (Wildman–Crippen LogP) is 1.03. The summed E-state index contributed by atoms with van der Waals surface area (Å²) in [6.07, 6.45) is 3.09. The van der Waals surface area contributed by atoms with Gasteiger partial charge in [-0.25, -0.2) is 0 Å². The highest BCUT2D eigenvalue weighted by molar-refractivity contribution is 5.99. The van der Waals surface area contributed by atoms with Crippen LogP contribution in [0.3, 0.4) is 0 Å². The van der Waals surface area contributed by atoms with Gasteiger partial charge in [0.25, 0.3) is 0 Å². The summed E-state index contributed by atoms with van der Waals surface area (Å²) in [6, 6.07) is 7.69. The summed E-state index contributed by atoms with van der Waals surface area (Å²) in [5.41, 5.74) is 6.79. The fourth-order valence-electron chi connectivity index (χ4n) is 2.35. The molecular weight excluding hydrogens is 310 g/mol. The van der Waals surface area contributed by atoms with E-state index in [0.29, 0.717) is 22.7 Å². The molecule has 1 aliphatic heterocycles. The number of anilines is 1. The lowest BCUT2D eigenvalue weighted by molar-refractivity contribution is -0.119. The van der Waals surface area contributed by atoms with Crippen molar-refractivity contribution in [2.24, 2.45) is 5.73 Å². The molecular formula is C17H17N3O4. The van der Waals surface area contributed by atoms with Gasteiger partial charge in [0.15, 0.2) is 6.61 Å². The molecule has 0 bridgehead atoms. The Labute approximate surface area is 139 Å². The number of carbonyl (C=O) groups excluding carboxylic acids is 2. The van der Waals surface area contributed by atoms with Crippen LogP contribution in [0.25, 0.3) is 0 Å². The molecule has 124 valence electrons. The number of rotatable bonds is 4. The van der Waals surface area contributed by atoms with Crippen molar-refractivity contribution in [1.82, 2.24) is 4.98 Å². The van der Waals surface area contributed by atoms with E-state index in [2.05, 4.69) is 4.98 Å². The third-order valence-corrected chi connectivity index (χ3v) is 3.71. The molecule has 1 aromatic carbocycles. The van der Waals surface area contributed by atoms with Crippen molar-refractivity contribution < 1.29 is 19.1 Å². The standard InChI is InChI=1S/C17H17N3O4/c1-20-14-7-12(4-5-16(14)24-9-13(18)17(20)22)23-10-15(21)11-3-2-6-19-8-11/h2-8,13H,9-10,18H2,1H3/t13-/m0/s1. The number of fused-ring (bicyclic) bond motifs is 1. The third kappa shape index (κ3) is 3.21. The van der Waals surface area contributed by atoms with Gasteiger partial charge in [0.05, 0.1) is 5.69 Å². The summed E-state index contributed by atoms with van der Waals surface area (Å²) in [6.45, 7) is -0.00161. The van der Waals surface area contributed by atoms with Crippen LogP contribution in [0, 0.1) is 0 Å². The van der Waals surface area contributed by atoms with E-state index in [1.807, 2.05) is 0 Å². The van der Waals surface area contributed by atoms with Crippen molar-refractivity contribution >= 4 is 17.4 Å². The highest BCUT2D eigenvalue weighted by Gasteiger charge is 2.26. The third-order valence-electron chi connectivity index (χ3n) is 3.71. The topological polar surface area (TPSA) is 94.8 Å². The molecule has 3 rings (SSSR count). The average Bonchev–Trinajstić information content (AvgIpc) is 2.73. The number of ketones is 1. The van der Waals surface area contributed by atoms with Gasteiger partial charge in [0, 0.05) is 31.1 Å². The van der Waals surface area contributed by atoms with E-state index in [0.717, 1.165) is 0 Å². The molecule has 1 amide bonds. The number of ether oxygens (including phenoxy) is 2. The maximum absolute atomic E-state index is 12.1. The van der Waals surface area contributed by atoms with Gasteiger partial charge in [0.2, 0.25) is 11.7 Å². The molecule has 2 aromatic rings. The number of hydrogen-bond acceptors (Lipinski definition) is 6. The lowest BCUT2D eigenvalue weighted by Crippen LogP contribution is -2.43. The first-order valence-corrected chi connectivity index (χ1v) is 7.42. The van der Waals surface area contributed by atoms with Crippen molar-refractivity contribution in [3.63, 3.8) is 0 Å². The second-order valence-electron chi connectivity index (χ2n) is 5.40. The van der Waals surface area contributed by atoms with Crippen molar-refractivity contribution in [3.8, 4) is 11.5 Å². The van der Waals surface area contributed by atoms with Gasteiger partial charge in [-0.05, 0) is 24.3 Å². The fourth-order valence-corrected chi connectivity index (χ4v) is 2.35. The van der Waals surface area contributed by atoms with Crippen molar-refractivity contribution in [2.75, 3.05) is 25.2 Å². The SMILES string of the molecule is CN1C(=O)[C@@H](N)COc2ccc(OCC(=O)c3cccnc3)cc21. The van der Waals surface area contributed by atoms with Gasteiger partial charge >= 0.3 is 0 Å². The smallest absolute Gasteiger partial charge is 0.247 e. The Hall–Kier alpha value is -2.93. The summed E-state index contributed by atoms with van der Waals surface area (Å²) in [4.78, 5) is 29.5. The second kappa shape index (κ2) is 6.67. The van der Waals surface area contributed by atoms with Gasteiger partial charge in [-0.3, -0.25) is 14.6 Å². The number of aromatic nitrogens is 1. The molecule has 1 aromatic heterocycles. The average molecular weight is 327 g/mol. The molecule has 0 radical (unpaired) electrons. The van der Waals surface area contributed by atoms with Crippen LogP contribution in [0.4, 0.5) is 5.69 Å². The van der Waals surface area contributed by atoms with Crippen LogP contribution in [0.15, 0.2) is 42.7 Å². The van der Waals surface area contributed by atoms with Crippen LogP contribution in [0.2, 0.25) is 0 Å². The van der Waals surface area contributed by atoms with Gasteiger partial charge in [-0.1, -0.05) is 0 Å². The number of benzene rings is 1. The van der Waals surface area contributed by atoms with E-state index in [-0.39, 0.29) is 24.9 Å². The first-order valence-electron chi connectivity index (χ1n) is 7.42. The number of likely N-dealkylation sites (N-methyl/N-ethyl adjacent to an activating group) is 1. The Morgan fingerprint density at radius 2 is 2.29 bits per heavy atom. The zero-order valence-corrected chi connectivity index (χ0v) is 13.1. The Balaban J connectivity index is 1.75. The zero-order chi connectivity index (χ0) is 17.1. The molecule has 0 saturated carbocycles. The van der Waals surface area contributed by atoms with Crippen LogP contribution in [-0.4, -0.2) is 43.0 Å². The Morgan fingerprint density at radius 3 is 3.04 bits per heavy atom. The van der Waals surface area contributed by atoms with Crippen LogP contribution < -0.4 is 20.1 Å². The quantitative estimate of drug-likeness (QED) is 0.843. The van der Waals surface area contributed by atoms with Gasteiger partial charge in [0.1, 0.15) is 24.1 Å². The number of pyridine rings is 1. The summed E-state index contributed by atoms with van der Waals surface area (Å²) in [5, 5.41) is 0. The van der Waals surface area contributed by atoms with E-state index in [1.54, 1.807) is 43.6 Å². The molecule has 0 aliphatic carbocycles. The highest BCUT2D eigenvalue weighted by atomic mass is 16.5. The molecule has 1 aliphatic rings. The number of nitrogens with two attached hydrogens (primary N) is 1. The van der Waals surface area contributed by atoms with Crippen LogP contribution in [0.1, 0.15) is 10.4 Å². The molecule has 24 heavy (non-hydrogen) atoms. The normalized spacial score (nSPS) is 16.8. The first kappa shape index (κ1) is 15.9. The van der Waals surface area contributed by atoms with Gasteiger partial charge in [-0.15, -0.1) is 0 Å². The predicted molar refractivity (Wildman–Crippen MR) is 87.4 cm³/mol. The maximum Gasteiger partial charge on any atom is 0.247 e. The summed E-state index contributed by atoms with van der Waals surface area (Å²) in [5.74, 6) is 0.590. The fraction of sp³-hybridized carbons (Fsp3) is 0.235. The van der Waals surface area contributed by atoms with E-state index < -0.39 is 6.04 Å². The molecule has 2 heterocycles. The zero-order valence-electron chi connectivity index (χ0n) is 13.1. The van der Waals surface area contributed by atoms with E-state index in [4.69, 9.17) is 15.2 Å². The van der Waals surface area contributed by atoms with Crippen molar-refractivity contribution in [2.45, 2.75) is 6.04 Å². The minimum Gasteiger partial charge on any atom is -0.489 e. The number of carbonyl (C=O) groups is 2. The van der Waals surface area contributed by atoms with Crippen LogP contribution >= 0.6 is 0 Å². The lowest BCUT2D eigenvalue weighted by atomic mass is 10.2. The van der Waals surface area contributed by atoms with E-state index >= 15 is 0 Å². The minimum absolute atomic E-state index is 0.121. The highest BCUT2D eigenvalue weighted by Crippen LogP contribution is 2.33. The number of Topliss-reactive ketones (excluding diaryl/α,β-unsaturated/α-hetero) is 1. The largest absolute Gasteiger partial charge is 0.489 e. The summed E-state index contributed by atoms with van der Waals surface area (Å²) in [7, 11) is 1.63. The van der Waals surface area contributed by atoms with Crippen LogP contribution in [0.5, 0.6) is 11.5 Å². The molecule has 0 fully saturated rings.